The molecular weight excluding hydrogens is 260 g/mol. The summed E-state index contributed by atoms with van der Waals surface area (Å²) in [4.78, 5) is 11.1. The van der Waals surface area contributed by atoms with Crippen LogP contribution in [0.4, 0.5) is 0 Å². The quantitative estimate of drug-likeness (QED) is 0.676. The summed E-state index contributed by atoms with van der Waals surface area (Å²) in [5, 5.41) is 3.00. The van der Waals surface area contributed by atoms with Gasteiger partial charge >= 0.3 is 0 Å². The van der Waals surface area contributed by atoms with Crippen LogP contribution in [-0.2, 0) is 17.9 Å². The molecule has 1 saturated heterocycles. The maximum Gasteiger partial charge on any atom is 0.191 e. The molecule has 1 aromatic rings. The zero-order valence-electron chi connectivity index (χ0n) is 11.6. The van der Waals surface area contributed by atoms with Gasteiger partial charge < -0.3 is 15.4 Å². The van der Waals surface area contributed by atoms with Gasteiger partial charge in [-0.25, -0.2) is 9.98 Å². The number of hydrogen-bond donors (Lipinski definition) is 1. The highest BCUT2D eigenvalue weighted by Gasteiger charge is 2.16. The first-order valence-electron chi connectivity index (χ1n) is 6.66. The molecule has 0 atom stereocenters. The van der Waals surface area contributed by atoms with E-state index in [9.17, 15) is 0 Å². The minimum atomic E-state index is 0.554. The largest absolute Gasteiger partial charge is 0.378 e. The summed E-state index contributed by atoms with van der Waals surface area (Å²) in [6, 6.07) is 0. The number of likely N-dealkylation sites (tertiary alicyclic amines) is 1. The molecule has 0 aromatic carbocycles. The second-order valence-electron chi connectivity index (χ2n) is 5.01. The molecule has 2 heterocycles. The molecule has 2 N–H and O–H groups in total. The Morgan fingerprint density at radius 2 is 2.32 bits per heavy atom. The lowest BCUT2D eigenvalue weighted by Gasteiger charge is -2.30. The summed E-state index contributed by atoms with van der Waals surface area (Å²) in [6.07, 6.45) is 2.40. The lowest BCUT2D eigenvalue weighted by molar-refractivity contribution is 0.184. The second kappa shape index (κ2) is 6.86. The Labute approximate surface area is 118 Å². The Balaban J connectivity index is 1.86. The van der Waals surface area contributed by atoms with Crippen molar-refractivity contribution in [2.24, 2.45) is 16.6 Å². The molecule has 0 unspecified atom stereocenters. The van der Waals surface area contributed by atoms with Crippen molar-refractivity contribution >= 4 is 17.3 Å². The molecule has 0 aliphatic carbocycles. The Morgan fingerprint density at radius 1 is 1.58 bits per heavy atom. The van der Waals surface area contributed by atoms with Gasteiger partial charge in [-0.2, -0.15) is 0 Å². The van der Waals surface area contributed by atoms with Crippen LogP contribution < -0.4 is 5.73 Å². The lowest BCUT2D eigenvalue weighted by atomic mass is 10.00. The van der Waals surface area contributed by atoms with E-state index < -0.39 is 0 Å². The Morgan fingerprint density at radius 3 is 3.00 bits per heavy atom. The van der Waals surface area contributed by atoms with Crippen LogP contribution in [0.5, 0.6) is 0 Å². The fourth-order valence-corrected chi connectivity index (χ4v) is 2.87. The van der Waals surface area contributed by atoms with Crippen molar-refractivity contribution in [3.63, 3.8) is 0 Å². The van der Waals surface area contributed by atoms with E-state index in [4.69, 9.17) is 10.5 Å². The fraction of sp³-hybridized carbons (Fsp3) is 0.692. The zero-order valence-corrected chi connectivity index (χ0v) is 12.4. The standard InChI is InChI=1S/C13H22N4OS/c1-10-3-5-17(6-4-10)13(14)15-7-11-9-19-12(16-11)8-18-2/h9-10H,3-8H2,1-2H3,(H2,14,15). The molecule has 1 aliphatic rings. The number of aromatic nitrogens is 1. The summed E-state index contributed by atoms with van der Waals surface area (Å²) in [6.45, 7) is 5.44. The number of ether oxygens (including phenoxy) is 1. The van der Waals surface area contributed by atoms with Crippen molar-refractivity contribution in [1.29, 1.82) is 0 Å². The molecule has 0 amide bonds. The van der Waals surface area contributed by atoms with Gasteiger partial charge in [-0.3, -0.25) is 0 Å². The van der Waals surface area contributed by atoms with Crippen molar-refractivity contribution in [3.8, 4) is 0 Å². The molecule has 19 heavy (non-hydrogen) atoms. The molecule has 5 nitrogen and oxygen atoms in total. The van der Waals surface area contributed by atoms with Gasteiger partial charge in [-0.05, 0) is 18.8 Å². The molecule has 106 valence electrons. The molecular formula is C13H22N4OS. The molecule has 1 fully saturated rings. The maximum absolute atomic E-state index is 6.03. The van der Waals surface area contributed by atoms with Crippen molar-refractivity contribution in [2.45, 2.75) is 32.9 Å². The van der Waals surface area contributed by atoms with E-state index in [0.29, 0.717) is 19.1 Å². The van der Waals surface area contributed by atoms with Gasteiger partial charge in [0.1, 0.15) is 5.01 Å². The van der Waals surface area contributed by atoms with Crippen molar-refractivity contribution in [3.05, 3.63) is 16.1 Å². The van der Waals surface area contributed by atoms with Crippen molar-refractivity contribution < 1.29 is 4.74 Å². The lowest BCUT2D eigenvalue weighted by Crippen LogP contribution is -2.42. The average Bonchev–Trinajstić information content (AvgIpc) is 2.85. The number of methoxy groups -OCH3 is 1. The van der Waals surface area contributed by atoms with Crippen LogP contribution >= 0.6 is 11.3 Å². The third-order valence-corrected chi connectivity index (χ3v) is 4.25. The van der Waals surface area contributed by atoms with E-state index in [1.165, 1.54) is 12.8 Å². The van der Waals surface area contributed by atoms with Gasteiger partial charge in [0.15, 0.2) is 5.96 Å². The molecule has 0 saturated carbocycles. The van der Waals surface area contributed by atoms with Crippen LogP contribution in [0.3, 0.4) is 0 Å². The molecule has 6 heteroatoms. The number of aliphatic imine (C=N–C) groups is 1. The van der Waals surface area contributed by atoms with Crippen LogP contribution in [0.25, 0.3) is 0 Å². The zero-order chi connectivity index (χ0) is 13.7. The number of piperidine rings is 1. The molecule has 1 aromatic heterocycles. The maximum atomic E-state index is 6.03. The van der Waals surface area contributed by atoms with Crippen LogP contribution in [-0.4, -0.2) is 36.0 Å². The van der Waals surface area contributed by atoms with Gasteiger partial charge in [0.05, 0.1) is 18.8 Å². The summed E-state index contributed by atoms with van der Waals surface area (Å²) in [5.74, 6) is 1.45. The van der Waals surface area contributed by atoms with E-state index in [1.807, 2.05) is 5.38 Å². The fourth-order valence-electron chi connectivity index (χ4n) is 2.11. The summed E-state index contributed by atoms with van der Waals surface area (Å²) < 4.78 is 5.05. The Hall–Kier alpha value is -1.14. The highest BCUT2D eigenvalue weighted by atomic mass is 32.1. The molecule has 1 aliphatic heterocycles. The van der Waals surface area contributed by atoms with E-state index in [1.54, 1.807) is 18.4 Å². The molecule has 0 radical (unpaired) electrons. The smallest absolute Gasteiger partial charge is 0.191 e. The van der Waals surface area contributed by atoms with Gasteiger partial charge in [0, 0.05) is 25.6 Å². The SMILES string of the molecule is COCc1nc(CN=C(N)N2CCC(C)CC2)cs1. The normalized spacial score (nSPS) is 18.0. The van der Waals surface area contributed by atoms with E-state index >= 15 is 0 Å². The molecule has 0 spiro atoms. The minimum absolute atomic E-state index is 0.554. The first-order chi connectivity index (χ1) is 9.19. The first kappa shape index (κ1) is 14.3. The number of rotatable bonds is 4. The number of guanidine groups is 1. The minimum Gasteiger partial charge on any atom is -0.378 e. The van der Waals surface area contributed by atoms with Gasteiger partial charge in [0.2, 0.25) is 0 Å². The van der Waals surface area contributed by atoms with Crippen LogP contribution in [0, 0.1) is 5.92 Å². The first-order valence-corrected chi connectivity index (χ1v) is 7.54. The summed E-state index contributed by atoms with van der Waals surface area (Å²) in [5.41, 5.74) is 7.00. The predicted molar refractivity (Wildman–Crippen MR) is 78.1 cm³/mol. The van der Waals surface area contributed by atoms with E-state index in [2.05, 4.69) is 21.8 Å². The monoisotopic (exact) mass is 282 g/mol. The highest BCUT2D eigenvalue weighted by Crippen LogP contribution is 2.16. The number of hydrogen-bond acceptors (Lipinski definition) is 4. The van der Waals surface area contributed by atoms with Crippen LogP contribution in [0.2, 0.25) is 0 Å². The van der Waals surface area contributed by atoms with Crippen molar-refractivity contribution in [2.75, 3.05) is 20.2 Å². The topological polar surface area (TPSA) is 63.7 Å². The highest BCUT2D eigenvalue weighted by molar-refractivity contribution is 7.09. The van der Waals surface area contributed by atoms with Gasteiger partial charge in [0.25, 0.3) is 0 Å². The summed E-state index contributed by atoms with van der Waals surface area (Å²) >= 11 is 1.60. The third kappa shape index (κ3) is 4.18. The average molecular weight is 282 g/mol. The second-order valence-corrected chi connectivity index (χ2v) is 5.95. The predicted octanol–water partition coefficient (Wildman–Crippen LogP) is 1.84. The van der Waals surface area contributed by atoms with E-state index in [-0.39, 0.29) is 0 Å². The molecule has 0 bridgehead atoms. The van der Waals surface area contributed by atoms with E-state index in [0.717, 1.165) is 29.7 Å². The van der Waals surface area contributed by atoms with Crippen LogP contribution in [0.1, 0.15) is 30.5 Å². The van der Waals surface area contributed by atoms with Crippen molar-refractivity contribution in [1.82, 2.24) is 9.88 Å². The van der Waals surface area contributed by atoms with Gasteiger partial charge in [-0.15, -0.1) is 11.3 Å². The van der Waals surface area contributed by atoms with Crippen LogP contribution in [0.15, 0.2) is 10.4 Å². The third-order valence-electron chi connectivity index (χ3n) is 3.38. The Bertz CT molecular complexity index is 424. The summed E-state index contributed by atoms with van der Waals surface area (Å²) in [7, 11) is 1.68. The number of thiazole rings is 1. The number of nitrogens with two attached hydrogens (primary N) is 1. The Kier molecular flexibility index (Phi) is 5.15. The molecule has 2 rings (SSSR count). The number of nitrogens with zero attached hydrogens (tertiary/aromatic N) is 3. The van der Waals surface area contributed by atoms with Gasteiger partial charge in [-0.1, -0.05) is 6.92 Å².